The van der Waals surface area contributed by atoms with Gasteiger partial charge in [0, 0.05) is 9.79 Å². The maximum absolute atomic E-state index is 12.3. The van der Waals surface area contributed by atoms with E-state index in [0.717, 1.165) is 5.75 Å². The lowest BCUT2D eigenvalue weighted by atomic mass is 10.3. The molecule has 2 rings (SSSR count). The van der Waals surface area contributed by atoms with Gasteiger partial charge >= 0.3 is 0 Å². The summed E-state index contributed by atoms with van der Waals surface area (Å²) in [5, 5.41) is 0.463. The summed E-state index contributed by atoms with van der Waals surface area (Å²) < 4.78 is 17.3. The monoisotopic (exact) mass is 281 g/mol. The molecule has 5 heteroatoms. The van der Waals surface area contributed by atoms with Gasteiger partial charge in [-0.25, -0.2) is 4.21 Å². The highest BCUT2D eigenvalue weighted by Crippen LogP contribution is 2.25. The molecule has 0 spiro atoms. The van der Waals surface area contributed by atoms with E-state index in [2.05, 4.69) is 0 Å². The number of nitrogen functional groups attached to an aromatic ring is 1. The fraction of sp³-hybridized carbons (Fsp3) is 0.0769. The van der Waals surface area contributed by atoms with Crippen molar-refractivity contribution >= 4 is 28.1 Å². The molecule has 18 heavy (non-hydrogen) atoms. The van der Waals surface area contributed by atoms with Gasteiger partial charge in [-0.2, -0.15) is 0 Å². The molecule has 0 saturated heterocycles. The molecular weight excluding hydrogens is 270 g/mol. The summed E-state index contributed by atoms with van der Waals surface area (Å²) in [6.07, 6.45) is 0. The zero-order valence-corrected chi connectivity index (χ0v) is 11.3. The number of hydrogen-bond donors (Lipinski definition) is 1. The number of benzene rings is 2. The van der Waals surface area contributed by atoms with E-state index in [9.17, 15) is 4.21 Å². The largest absolute Gasteiger partial charge is 0.497 e. The van der Waals surface area contributed by atoms with Gasteiger partial charge in [0.25, 0.3) is 0 Å². The highest BCUT2D eigenvalue weighted by atomic mass is 35.5. The Kier molecular flexibility index (Phi) is 3.89. The number of methoxy groups -OCH3 is 1. The van der Waals surface area contributed by atoms with Crippen molar-refractivity contribution in [1.82, 2.24) is 0 Å². The second kappa shape index (κ2) is 5.42. The number of ether oxygens (including phenoxy) is 1. The highest BCUT2D eigenvalue weighted by Gasteiger charge is 2.08. The topological polar surface area (TPSA) is 52.3 Å². The summed E-state index contributed by atoms with van der Waals surface area (Å²) in [6.45, 7) is 0. The predicted molar refractivity (Wildman–Crippen MR) is 73.5 cm³/mol. The van der Waals surface area contributed by atoms with Crippen molar-refractivity contribution in [3.63, 3.8) is 0 Å². The standard InChI is InChI=1S/C13H12ClNO2S/c1-17-9-2-4-10(5-3-9)18(16)11-6-7-12(14)13(15)8-11/h2-8H,15H2,1H3. The van der Waals surface area contributed by atoms with E-state index >= 15 is 0 Å². The Morgan fingerprint density at radius 2 is 1.72 bits per heavy atom. The molecule has 0 aliphatic rings. The number of rotatable bonds is 3. The third-order valence-corrected chi connectivity index (χ3v) is 4.18. The van der Waals surface area contributed by atoms with Gasteiger partial charge < -0.3 is 10.5 Å². The lowest BCUT2D eigenvalue weighted by Gasteiger charge is -2.05. The fourth-order valence-corrected chi connectivity index (χ4v) is 2.67. The second-order valence-corrected chi connectivity index (χ2v) is 5.52. The zero-order valence-electron chi connectivity index (χ0n) is 9.72. The van der Waals surface area contributed by atoms with Gasteiger partial charge in [0.15, 0.2) is 0 Å². The summed E-state index contributed by atoms with van der Waals surface area (Å²) in [5.74, 6) is 0.728. The molecule has 0 radical (unpaired) electrons. The van der Waals surface area contributed by atoms with E-state index in [1.54, 1.807) is 49.6 Å². The van der Waals surface area contributed by atoms with Crippen molar-refractivity contribution in [3.8, 4) is 5.75 Å². The Labute approximate surface area is 113 Å². The minimum absolute atomic E-state index is 0.427. The molecule has 0 heterocycles. The SMILES string of the molecule is COc1ccc(S(=O)c2ccc(Cl)c(N)c2)cc1. The van der Waals surface area contributed by atoms with Gasteiger partial charge in [0.1, 0.15) is 5.75 Å². The summed E-state index contributed by atoms with van der Waals surface area (Å²) in [7, 11) is 0.319. The molecule has 0 bridgehead atoms. The number of nitrogens with two attached hydrogens (primary N) is 1. The molecule has 0 aliphatic heterocycles. The van der Waals surface area contributed by atoms with Crippen LogP contribution in [0.25, 0.3) is 0 Å². The lowest BCUT2D eigenvalue weighted by Crippen LogP contribution is -1.95. The molecule has 0 amide bonds. The van der Waals surface area contributed by atoms with Crippen LogP contribution in [0.3, 0.4) is 0 Å². The van der Waals surface area contributed by atoms with Gasteiger partial charge in [-0.15, -0.1) is 0 Å². The van der Waals surface area contributed by atoms with Crippen molar-refractivity contribution < 1.29 is 8.95 Å². The van der Waals surface area contributed by atoms with Gasteiger partial charge in [0.2, 0.25) is 0 Å². The minimum Gasteiger partial charge on any atom is -0.497 e. The van der Waals surface area contributed by atoms with E-state index in [0.29, 0.717) is 20.5 Å². The van der Waals surface area contributed by atoms with E-state index in [-0.39, 0.29) is 0 Å². The Bertz CT molecular complexity index is 584. The maximum Gasteiger partial charge on any atom is 0.118 e. The summed E-state index contributed by atoms with van der Waals surface area (Å²) in [5.41, 5.74) is 6.12. The molecule has 1 unspecified atom stereocenters. The van der Waals surface area contributed by atoms with Gasteiger partial charge in [-0.1, -0.05) is 11.6 Å². The molecule has 2 aromatic carbocycles. The first-order valence-electron chi connectivity index (χ1n) is 5.22. The summed E-state index contributed by atoms with van der Waals surface area (Å²) in [6, 6.07) is 12.0. The molecule has 94 valence electrons. The molecule has 2 N–H and O–H groups in total. The van der Waals surface area contributed by atoms with Crippen LogP contribution in [0.2, 0.25) is 5.02 Å². The van der Waals surface area contributed by atoms with Crippen LogP contribution in [0.1, 0.15) is 0 Å². The number of hydrogen-bond acceptors (Lipinski definition) is 3. The van der Waals surface area contributed by atoms with Crippen LogP contribution in [0.5, 0.6) is 5.75 Å². The van der Waals surface area contributed by atoms with Crippen LogP contribution in [0.15, 0.2) is 52.3 Å². The molecule has 0 saturated carbocycles. The van der Waals surface area contributed by atoms with E-state index in [1.807, 2.05) is 0 Å². The van der Waals surface area contributed by atoms with Crippen LogP contribution < -0.4 is 10.5 Å². The van der Waals surface area contributed by atoms with Crippen LogP contribution in [-0.2, 0) is 10.8 Å². The Morgan fingerprint density at radius 1 is 1.11 bits per heavy atom. The third kappa shape index (κ3) is 2.66. The van der Waals surface area contributed by atoms with Crippen LogP contribution in [-0.4, -0.2) is 11.3 Å². The Balaban J connectivity index is 2.32. The van der Waals surface area contributed by atoms with Crippen molar-refractivity contribution in [1.29, 1.82) is 0 Å². The average molecular weight is 282 g/mol. The maximum atomic E-state index is 12.3. The van der Waals surface area contributed by atoms with Gasteiger partial charge in [-0.05, 0) is 42.5 Å². The molecular formula is C13H12ClNO2S. The lowest BCUT2D eigenvalue weighted by molar-refractivity contribution is 0.414. The smallest absolute Gasteiger partial charge is 0.118 e. The molecule has 0 aromatic heterocycles. The Hall–Kier alpha value is -1.52. The first kappa shape index (κ1) is 12.9. The fourth-order valence-electron chi connectivity index (χ4n) is 1.47. The first-order chi connectivity index (χ1) is 8.61. The zero-order chi connectivity index (χ0) is 13.1. The second-order valence-electron chi connectivity index (χ2n) is 3.63. The van der Waals surface area contributed by atoms with Gasteiger partial charge in [0.05, 0.1) is 28.6 Å². The predicted octanol–water partition coefficient (Wildman–Crippen LogP) is 3.10. The summed E-state index contributed by atoms with van der Waals surface area (Å²) >= 11 is 5.83. The van der Waals surface area contributed by atoms with Crippen molar-refractivity contribution in [2.75, 3.05) is 12.8 Å². The third-order valence-electron chi connectivity index (χ3n) is 2.46. The Morgan fingerprint density at radius 3 is 2.28 bits per heavy atom. The molecule has 3 nitrogen and oxygen atoms in total. The number of anilines is 1. The highest BCUT2D eigenvalue weighted by molar-refractivity contribution is 7.85. The normalized spacial score (nSPS) is 12.1. The quantitative estimate of drug-likeness (QED) is 0.880. The van der Waals surface area contributed by atoms with Crippen molar-refractivity contribution in [3.05, 3.63) is 47.5 Å². The van der Waals surface area contributed by atoms with E-state index in [1.165, 1.54) is 0 Å². The van der Waals surface area contributed by atoms with E-state index in [4.69, 9.17) is 22.1 Å². The van der Waals surface area contributed by atoms with E-state index < -0.39 is 10.8 Å². The summed E-state index contributed by atoms with van der Waals surface area (Å²) in [4.78, 5) is 1.32. The van der Waals surface area contributed by atoms with Crippen LogP contribution >= 0.6 is 11.6 Å². The first-order valence-corrected chi connectivity index (χ1v) is 6.75. The van der Waals surface area contributed by atoms with Crippen LogP contribution in [0, 0.1) is 0 Å². The average Bonchev–Trinajstić information content (AvgIpc) is 2.41. The molecule has 0 fully saturated rings. The number of halogens is 1. The van der Waals surface area contributed by atoms with Crippen LogP contribution in [0.4, 0.5) is 5.69 Å². The van der Waals surface area contributed by atoms with Gasteiger partial charge in [-0.3, -0.25) is 0 Å². The van der Waals surface area contributed by atoms with Crippen molar-refractivity contribution in [2.24, 2.45) is 0 Å². The van der Waals surface area contributed by atoms with Crippen molar-refractivity contribution in [2.45, 2.75) is 9.79 Å². The molecule has 0 aliphatic carbocycles. The molecule has 2 aromatic rings. The minimum atomic E-state index is -1.27. The molecule has 1 atom stereocenters.